The van der Waals surface area contributed by atoms with E-state index in [-0.39, 0.29) is 42.1 Å². The van der Waals surface area contributed by atoms with Crippen molar-refractivity contribution in [1.29, 1.82) is 0 Å². The predicted molar refractivity (Wildman–Crippen MR) is 172 cm³/mol. The number of anilines is 1. The van der Waals surface area contributed by atoms with Crippen molar-refractivity contribution in [2.75, 3.05) is 58.3 Å². The lowest BCUT2D eigenvalue weighted by Gasteiger charge is -2.37. The summed E-state index contributed by atoms with van der Waals surface area (Å²) in [6.07, 6.45) is 5.53. The van der Waals surface area contributed by atoms with Crippen LogP contribution in [0.15, 0.2) is 35.0 Å². The van der Waals surface area contributed by atoms with Crippen molar-refractivity contribution in [3.05, 3.63) is 52.4 Å². The van der Waals surface area contributed by atoms with Gasteiger partial charge in [-0.1, -0.05) is 6.07 Å². The van der Waals surface area contributed by atoms with Crippen LogP contribution in [0.3, 0.4) is 0 Å². The standard InChI is InChI=1S/C34H42F3N7O4/c1-42(2)30(45)27(38)13-23-18-43(11-4-10-39-23)29-25-19-47-34(9-7-21-5-6-24(14-26(21)34)48-31(36)37)16-28(25)40-32(41-29)46-20-33-8-3-12-44(33)17-22(35)15-33/h5-6,13-14,22,31H,3-4,7-12,15-20,38H2,1-2H3/b27-13-/t22-,33+,34?/m1/s1. The number of likely N-dealkylation sites (N-methyl/N-ethyl adjacent to an activating group) is 1. The molecule has 1 spiro atoms. The maximum absolute atomic E-state index is 14.5. The van der Waals surface area contributed by atoms with Crippen LogP contribution in [0.2, 0.25) is 0 Å². The Morgan fingerprint density at radius 3 is 2.90 bits per heavy atom. The molecule has 48 heavy (non-hydrogen) atoms. The molecule has 4 aliphatic heterocycles. The van der Waals surface area contributed by atoms with Crippen LogP contribution >= 0.6 is 0 Å². The van der Waals surface area contributed by atoms with Crippen LogP contribution in [-0.2, 0) is 34.6 Å². The SMILES string of the molecule is CN(C)C(=O)/C(N)=C/C1=NCCCN(c2nc(OC[C@@]34CCCN3C[C@H](F)C4)nc3c2COC2(CCc4ccc(OC(F)F)cc42)C3)C1. The lowest BCUT2D eigenvalue weighted by Crippen LogP contribution is -2.43. The van der Waals surface area contributed by atoms with Gasteiger partial charge in [-0.2, -0.15) is 18.7 Å². The van der Waals surface area contributed by atoms with Gasteiger partial charge in [0.1, 0.15) is 24.3 Å². The van der Waals surface area contributed by atoms with E-state index in [4.69, 9.17) is 34.9 Å². The summed E-state index contributed by atoms with van der Waals surface area (Å²) in [6.45, 7) is 0.361. The Morgan fingerprint density at radius 2 is 2.08 bits per heavy atom. The Labute approximate surface area is 277 Å². The third-order valence-corrected chi connectivity index (χ3v) is 10.4. The number of ether oxygens (including phenoxy) is 3. The number of benzene rings is 1. The van der Waals surface area contributed by atoms with E-state index < -0.39 is 18.4 Å². The number of nitrogens with zero attached hydrogens (tertiary/aromatic N) is 6. The van der Waals surface area contributed by atoms with Crippen LogP contribution in [0.25, 0.3) is 0 Å². The molecule has 14 heteroatoms. The van der Waals surface area contributed by atoms with E-state index in [0.717, 1.165) is 54.6 Å². The molecule has 0 bridgehead atoms. The van der Waals surface area contributed by atoms with Gasteiger partial charge in [-0.3, -0.25) is 14.7 Å². The number of amides is 1. The minimum Gasteiger partial charge on any atom is -0.461 e. The number of halogens is 3. The van der Waals surface area contributed by atoms with E-state index in [9.17, 15) is 18.0 Å². The summed E-state index contributed by atoms with van der Waals surface area (Å²) >= 11 is 0. The number of nitrogens with two attached hydrogens (primary N) is 1. The molecule has 0 saturated carbocycles. The monoisotopic (exact) mass is 669 g/mol. The Morgan fingerprint density at radius 1 is 1.23 bits per heavy atom. The summed E-state index contributed by atoms with van der Waals surface area (Å²) in [5.41, 5.74) is 9.16. The Balaban J connectivity index is 1.23. The number of carbonyl (C=O) groups is 1. The smallest absolute Gasteiger partial charge is 0.387 e. The van der Waals surface area contributed by atoms with Crippen molar-refractivity contribution >= 4 is 17.4 Å². The van der Waals surface area contributed by atoms with E-state index in [1.807, 2.05) is 6.07 Å². The lowest BCUT2D eigenvalue weighted by atomic mass is 9.86. The molecule has 2 N–H and O–H groups in total. The fourth-order valence-corrected chi connectivity index (χ4v) is 8.05. The topological polar surface area (TPSA) is 119 Å². The number of rotatable bonds is 8. The van der Waals surface area contributed by atoms with Gasteiger partial charge in [0.2, 0.25) is 0 Å². The molecule has 258 valence electrons. The molecule has 1 aromatic carbocycles. The van der Waals surface area contributed by atoms with Crippen LogP contribution < -0.4 is 20.1 Å². The highest BCUT2D eigenvalue weighted by molar-refractivity contribution is 6.05. The number of aromatic nitrogens is 2. The van der Waals surface area contributed by atoms with Gasteiger partial charge in [0.15, 0.2) is 0 Å². The molecule has 11 nitrogen and oxygen atoms in total. The van der Waals surface area contributed by atoms with Crippen LogP contribution in [0.5, 0.6) is 11.8 Å². The number of aliphatic imine (C=N–C) groups is 1. The molecule has 5 heterocycles. The molecule has 3 atom stereocenters. The zero-order valence-electron chi connectivity index (χ0n) is 27.4. The highest BCUT2D eigenvalue weighted by Gasteiger charge is 2.50. The fraction of sp³-hybridized carbons (Fsp3) is 0.588. The first kappa shape index (κ1) is 32.6. The number of hydrogen-bond donors (Lipinski definition) is 1. The van der Waals surface area contributed by atoms with Gasteiger partial charge < -0.3 is 29.7 Å². The molecule has 2 saturated heterocycles. The fourth-order valence-electron chi connectivity index (χ4n) is 8.05. The predicted octanol–water partition coefficient (Wildman–Crippen LogP) is 3.53. The Hall–Kier alpha value is -3.91. The van der Waals surface area contributed by atoms with Gasteiger partial charge in [-0.05, 0) is 68.0 Å². The summed E-state index contributed by atoms with van der Waals surface area (Å²) in [6, 6.07) is 5.25. The van der Waals surface area contributed by atoms with Crippen molar-refractivity contribution in [2.45, 2.75) is 75.5 Å². The third kappa shape index (κ3) is 6.20. The molecule has 1 amide bonds. The van der Waals surface area contributed by atoms with Gasteiger partial charge in [0.25, 0.3) is 5.91 Å². The average molecular weight is 670 g/mol. The maximum atomic E-state index is 14.5. The summed E-state index contributed by atoms with van der Waals surface area (Å²) in [5, 5.41) is 0. The van der Waals surface area contributed by atoms with E-state index in [1.54, 1.807) is 32.3 Å². The van der Waals surface area contributed by atoms with Crippen LogP contribution in [0, 0.1) is 0 Å². The van der Waals surface area contributed by atoms with Crippen molar-refractivity contribution < 1.29 is 32.2 Å². The van der Waals surface area contributed by atoms with Crippen LogP contribution in [-0.4, -0.2) is 103 Å². The number of carbonyl (C=O) groups excluding carboxylic acids is 1. The van der Waals surface area contributed by atoms with Gasteiger partial charge in [-0.25, -0.2) is 4.39 Å². The average Bonchev–Trinajstić information content (AvgIpc) is 3.62. The maximum Gasteiger partial charge on any atom is 0.387 e. The number of fused-ring (bicyclic) bond motifs is 4. The van der Waals surface area contributed by atoms with E-state index in [1.165, 1.54) is 4.90 Å². The molecule has 2 aromatic rings. The second kappa shape index (κ2) is 12.8. The Bertz CT molecular complexity index is 1640. The highest BCUT2D eigenvalue weighted by atomic mass is 19.3. The molecule has 2 fully saturated rings. The number of aryl methyl sites for hydroxylation is 1. The van der Waals surface area contributed by atoms with Crippen LogP contribution in [0.1, 0.15) is 54.5 Å². The molecule has 7 rings (SSSR count). The van der Waals surface area contributed by atoms with Gasteiger partial charge in [-0.15, -0.1) is 0 Å². The molecule has 0 radical (unpaired) electrons. The molecule has 1 aromatic heterocycles. The number of alkyl halides is 3. The Kier molecular flexibility index (Phi) is 8.73. The van der Waals surface area contributed by atoms with Crippen molar-refractivity contribution in [3.8, 4) is 11.8 Å². The molecular formula is C34H42F3N7O4. The lowest BCUT2D eigenvalue weighted by molar-refractivity contribution is -0.124. The second-order valence-corrected chi connectivity index (χ2v) is 13.7. The first-order chi connectivity index (χ1) is 23.0. The minimum atomic E-state index is -2.93. The van der Waals surface area contributed by atoms with E-state index >= 15 is 0 Å². The molecular weight excluding hydrogens is 627 g/mol. The van der Waals surface area contributed by atoms with Gasteiger partial charge in [0.05, 0.1) is 41.4 Å². The van der Waals surface area contributed by atoms with Crippen molar-refractivity contribution in [1.82, 2.24) is 19.8 Å². The van der Waals surface area contributed by atoms with Crippen molar-refractivity contribution in [3.63, 3.8) is 0 Å². The quantitative estimate of drug-likeness (QED) is 0.422. The summed E-state index contributed by atoms with van der Waals surface area (Å²) in [7, 11) is 3.29. The van der Waals surface area contributed by atoms with Crippen LogP contribution in [0.4, 0.5) is 19.0 Å². The zero-order valence-corrected chi connectivity index (χ0v) is 27.4. The first-order valence-corrected chi connectivity index (χ1v) is 16.7. The first-order valence-electron chi connectivity index (χ1n) is 16.7. The van der Waals surface area contributed by atoms with Gasteiger partial charge in [0, 0.05) is 52.1 Å². The summed E-state index contributed by atoms with van der Waals surface area (Å²) < 4.78 is 58.5. The highest BCUT2D eigenvalue weighted by Crippen LogP contribution is 2.48. The third-order valence-electron chi connectivity index (χ3n) is 10.4. The number of hydrogen-bond acceptors (Lipinski definition) is 10. The van der Waals surface area contributed by atoms with E-state index in [2.05, 4.69) is 9.80 Å². The summed E-state index contributed by atoms with van der Waals surface area (Å²) in [5.74, 6) is 0.435. The van der Waals surface area contributed by atoms with Crippen molar-refractivity contribution in [2.24, 2.45) is 10.7 Å². The zero-order chi connectivity index (χ0) is 33.6. The molecule has 1 aliphatic carbocycles. The molecule has 5 aliphatic rings. The summed E-state index contributed by atoms with van der Waals surface area (Å²) in [4.78, 5) is 32.8. The van der Waals surface area contributed by atoms with Gasteiger partial charge >= 0.3 is 12.6 Å². The van der Waals surface area contributed by atoms with E-state index in [0.29, 0.717) is 57.0 Å². The normalized spacial score (nSPS) is 27.0. The molecule has 1 unspecified atom stereocenters. The minimum absolute atomic E-state index is 0.0892. The second-order valence-electron chi connectivity index (χ2n) is 13.7. The largest absolute Gasteiger partial charge is 0.461 e.